The van der Waals surface area contributed by atoms with Gasteiger partial charge < -0.3 is 14.4 Å². The average molecular weight is 343 g/mol. The van der Waals surface area contributed by atoms with E-state index in [-0.39, 0.29) is 12.0 Å². The third-order valence-electron chi connectivity index (χ3n) is 4.23. The molecule has 0 aliphatic carbocycles. The van der Waals surface area contributed by atoms with Crippen LogP contribution in [0.4, 0.5) is 0 Å². The maximum Gasteiger partial charge on any atom is 0.274 e. The van der Waals surface area contributed by atoms with Gasteiger partial charge in [-0.15, -0.1) is 0 Å². The molecule has 1 unspecified atom stereocenters. The smallest absolute Gasteiger partial charge is 0.274 e. The predicted octanol–water partition coefficient (Wildman–Crippen LogP) is 2.45. The molecule has 1 aromatic heterocycles. The van der Waals surface area contributed by atoms with E-state index >= 15 is 0 Å². The first-order chi connectivity index (χ1) is 11.9. The lowest BCUT2D eigenvalue weighted by atomic mass is 10.0. The zero-order chi connectivity index (χ0) is 18.0. The fraction of sp³-hybridized carbons (Fsp3) is 0.474. The first-order valence-corrected chi connectivity index (χ1v) is 8.48. The highest BCUT2D eigenvalue weighted by Gasteiger charge is 2.36. The summed E-state index contributed by atoms with van der Waals surface area (Å²) in [4.78, 5) is 14.8. The summed E-state index contributed by atoms with van der Waals surface area (Å²) in [6.07, 6.45) is -0.130. The Bertz CT molecular complexity index is 740. The summed E-state index contributed by atoms with van der Waals surface area (Å²) in [6.45, 7) is 7.43. The van der Waals surface area contributed by atoms with E-state index in [1.165, 1.54) is 0 Å². The second kappa shape index (κ2) is 6.98. The number of para-hydroxylation sites is 1. The second-order valence-corrected chi connectivity index (χ2v) is 7.06. The maximum absolute atomic E-state index is 13.0. The molecule has 1 amide bonds. The minimum atomic E-state index is -0.409. The first kappa shape index (κ1) is 17.6. The van der Waals surface area contributed by atoms with E-state index in [1.54, 1.807) is 11.8 Å². The summed E-state index contributed by atoms with van der Waals surface area (Å²) in [5.74, 6) is -0.0738. The number of hydrogen-bond donors (Lipinski definition) is 0. The minimum Gasteiger partial charge on any atom is -0.382 e. The maximum atomic E-state index is 13.0. The number of morpholine rings is 1. The molecule has 0 N–H and O–H groups in total. The number of ether oxygens (including phenoxy) is 2. The Balaban J connectivity index is 1.83. The Kier molecular flexibility index (Phi) is 4.92. The van der Waals surface area contributed by atoms with Crippen molar-refractivity contribution in [1.29, 1.82) is 0 Å². The molecule has 1 aliphatic heterocycles. The zero-order valence-electron chi connectivity index (χ0n) is 15.2. The van der Waals surface area contributed by atoms with Crippen LogP contribution in [0.15, 0.2) is 36.4 Å². The quantitative estimate of drug-likeness (QED) is 0.856. The van der Waals surface area contributed by atoms with Crippen molar-refractivity contribution in [2.75, 3.05) is 26.8 Å². The number of methoxy groups -OCH3 is 1. The summed E-state index contributed by atoms with van der Waals surface area (Å²) in [5, 5.41) is 4.53. The molecule has 6 heteroatoms. The van der Waals surface area contributed by atoms with E-state index in [0.29, 0.717) is 25.4 Å². The van der Waals surface area contributed by atoms with Gasteiger partial charge in [0.15, 0.2) is 5.69 Å². The van der Waals surface area contributed by atoms with E-state index in [9.17, 15) is 4.79 Å². The van der Waals surface area contributed by atoms with Crippen molar-refractivity contribution >= 4 is 5.91 Å². The van der Waals surface area contributed by atoms with E-state index in [4.69, 9.17) is 9.47 Å². The van der Waals surface area contributed by atoms with Gasteiger partial charge in [0.25, 0.3) is 5.91 Å². The third-order valence-corrected chi connectivity index (χ3v) is 4.23. The number of rotatable bonds is 4. The van der Waals surface area contributed by atoms with Crippen molar-refractivity contribution in [2.45, 2.75) is 32.5 Å². The lowest BCUT2D eigenvalue weighted by Crippen LogP contribution is -2.55. The largest absolute Gasteiger partial charge is 0.382 e. The number of nitrogens with zero attached hydrogens (tertiary/aromatic N) is 3. The Morgan fingerprint density at radius 1 is 1.36 bits per heavy atom. The molecular formula is C19H25N3O3. The third kappa shape index (κ3) is 3.91. The highest BCUT2D eigenvalue weighted by atomic mass is 16.5. The van der Waals surface area contributed by atoms with Crippen LogP contribution in [-0.2, 0) is 9.47 Å². The van der Waals surface area contributed by atoms with Gasteiger partial charge in [-0.2, -0.15) is 5.10 Å². The van der Waals surface area contributed by atoms with Gasteiger partial charge in [-0.3, -0.25) is 4.79 Å². The van der Waals surface area contributed by atoms with Crippen LogP contribution in [0.25, 0.3) is 5.69 Å². The van der Waals surface area contributed by atoms with Crippen LogP contribution < -0.4 is 0 Å². The van der Waals surface area contributed by atoms with Gasteiger partial charge in [-0.05, 0) is 39.0 Å². The molecule has 134 valence electrons. The van der Waals surface area contributed by atoms with Gasteiger partial charge in [0.1, 0.15) is 0 Å². The molecule has 25 heavy (non-hydrogen) atoms. The summed E-state index contributed by atoms with van der Waals surface area (Å²) < 4.78 is 13.0. The number of hydrogen-bond acceptors (Lipinski definition) is 4. The summed E-state index contributed by atoms with van der Waals surface area (Å²) in [6, 6.07) is 11.7. The number of aryl methyl sites for hydroxylation is 1. The van der Waals surface area contributed by atoms with Gasteiger partial charge in [-0.1, -0.05) is 18.2 Å². The van der Waals surface area contributed by atoms with Gasteiger partial charge in [-0.25, -0.2) is 4.68 Å². The van der Waals surface area contributed by atoms with E-state index in [0.717, 1.165) is 11.4 Å². The van der Waals surface area contributed by atoms with Crippen LogP contribution in [0.3, 0.4) is 0 Å². The molecule has 0 radical (unpaired) electrons. The van der Waals surface area contributed by atoms with Crippen molar-refractivity contribution in [1.82, 2.24) is 14.7 Å². The highest BCUT2D eigenvalue weighted by Crippen LogP contribution is 2.23. The topological polar surface area (TPSA) is 56.6 Å². The highest BCUT2D eigenvalue weighted by molar-refractivity contribution is 5.92. The van der Waals surface area contributed by atoms with Crippen LogP contribution in [-0.4, -0.2) is 59.1 Å². The van der Waals surface area contributed by atoms with Crippen molar-refractivity contribution in [3.8, 4) is 5.69 Å². The van der Waals surface area contributed by atoms with Crippen molar-refractivity contribution < 1.29 is 14.3 Å². The van der Waals surface area contributed by atoms with Crippen LogP contribution in [0.2, 0.25) is 0 Å². The second-order valence-electron chi connectivity index (χ2n) is 7.06. The standard InChI is InChI=1S/C19H25N3O3/c1-14-10-17(20-22(14)15-8-6-5-7-9-15)18(23)21-11-16(12-24-4)25-19(2,3)13-21/h5-10,16H,11-13H2,1-4H3. The molecule has 1 aliphatic rings. The van der Waals surface area contributed by atoms with Crippen molar-refractivity contribution in [3.63, 3.8) is 0 Å². The Labute approximate surface area is 148 Å². The molecule has 0 saturated carbocycles. The fourth-order valence-electron chi connectivity index (χ4n) is 3.29. The zero-order valence-corrected chi connectivity index (χ0v) is 15.2. The van der Waals surface area contributed by atoms with E-state index in [2.05, 4.69) is 5.10 Å². The summed E-state index contributed by atoms with van der Waals surface area (Å²) in [5.41, 5.74) is 1.91. The van der Waals surface area contributed by atoms with Crippen LogP contribution in [0, 0.1) is 6.92 Å². The number of benzene rings is 1. The molecule has 2 heterocycles. The van der Waals surface area contributed by atoms with Gasteiger partial charge in [0.05, 0.1) is 24.0 Å². The molecule has 3 rings (SSSR count). The molecule has 2 aromatic rings. The first-order valence-electron chi connectivity index (χ1n) is 8.48. The fourth-order valence-corrected chi connectivity index (χ4v) is 3.29. The molecule has 0 bridgehead atoms. The molecule has 6 nitrogen and oxygen atoms in total. The Hall–Kier alpha value is -2.18. The van der Waals surface area contributed by atoms with Crippen LogP contribution >= 0.6 is 0 Å². The van der Waals surface area contributed by atoms with Crippen molar-refractivity contribution in [3.05, 3.63) is 47.8 Å². The van der Waals surface area contributed by atoms with Crippen molar-refractivity contribution in [2.24, 2.45) is 0 Å². The predicted molar refractivity (Wildman–Crippen MR) is 95.0 cm³/mol. The number of carbonyl (C=O) groups excluding carboxylic acids is 1. The molecule has 1 saturated heterocycles. The molecule has 1 aromatic carbocycles. The minimum absolute atomic E-state index is 0.0738. The van der Waals surface area contributed by atoms with Gasteiger partial charge >= 0.3 is 0 Å². The van der Waals surface area contributed by atoms with E-state index in [1.807, 2.05) is 62.1 Å². The summed E-state index contributed by atoms with van der Waals surface area (Å²) >= 11 is 0. The normalized spacial score (nSPS) is 19.8. The average Bonchev–Trinajstić information content (AvgIpc) is 2.95. The van der Waals surface area contributed by atoms with Crippen LogP contribution in [0.1, 0.15) is 30.0 Å². The Morgan fingerprint density at radius 3 is 2.76 bits per heavy atom. The Morgan fingerprint density at radius 2 is 2.08 bits per heavy atom. The SMILES string of the molecule is COCC1CN(C(=O)c2cc(C)n(-c3ccccc3)n2)CC(C)(C)O1. The monoisotopic (exact) mass is 343 g/mol. The molecule has 0 spiro atoms. The van der Waals surface area contributed by atoms with E-state index < -0.39 is 5.60 Å². The number of carbonyl (C=O) groups is 1. The van der Waals surface area contributed by atoms with Gasteiger partial charge in [0, 0.05) is 25.9 Å². The number of amides is 1. The molecule has 1 atom stereocenters. The lowest BCUT2D eigenvalue weighted by molar-refractivity contribution is -0.143. The summed E-state index contributed by atoms with van der Waals surface area (Å²) in [7, 11) is 1.64. The number of aromatic nitrogens is 2. The molecule has 1 fully saturated rings. The molecular weight excluding hydrogens is 318 g/mol. The van der Waals surface area contributed by atoms with Crippen LogP contribution in [0.5, 0.6) is 0 Å². The van der Waals surface area contributed by atoms with Gasteiger partial charge in [0.2, 0.25) is 0 Å². The lowest BCUT2D eigenvalue weighted by Gasteiger charge is -2.42.